The predicted octanol–water partition coefficient (Wildman–Crippen LogP) is 3.55. The molecule has 0 aliphatic carbocycles. The maximum atomic E-state index is 12.7. The van der Waals surface area contributed by atoms with Gasteiger partial charge in [0.05, 0.1) is 30.0 Å². The Morgan fingerprint density at radius 2 is 1.83 bits per heavy atom. The third kappa shape index (κ3) is 3.67. The third-order valence-corrected chi connectivity index (χ3v) is 5.62. The smallest absolute Gasteiger partial charge is 0.268 e. The summed E-state index contributed by atoms with van der Waals surface area (Å²) in [5, 5.41) is 6.66. The van der Waals surface area contributed by atoms with Crippen molar-refractivity contribution in [2.75, 3.05) is 19.5 Å². The molecule has 0 saturated carbocycles. The SMILES string of the molecule is COc1ccc(OC)c2[nH]c(C(=O)N[C@@H](C)C(=O)Nc3nc4ccccc4s3)cc12. The van der Waals surface area contributed by atoms with Gasteiger partial charge >= 0.3 is 0 Å². The van der Waals surface area contributed by atoms with Crippen LogP contribution in [0.15, 0.2) is 42.5 Å². The molecular weight excluding hydrogens is 404 g/mol. The number of methoxy groups -OCH3 is 2. The van der Waals surface area contributed by atoms with Crippen LogP contribution < -0.4 is 20.1 Å². The van der Waals surface area contributed by atoms with Gasteiger partial charge in [0.2, 0.25) is 5.91 Å². The van der Waals surface area contributed by atoms with Crippen LogP contribution in [0.4, 0.5) is 5.13 Å². The van der Waals surface area contributed by atoms with Crippen molar-refractivity contribution in [1.29, 1.82) is 0 Å². The van der Waals surface area contributed by atoms with Gasteiger partial charge in [0.15, 0.2) is 5.13 Å². The maximum absolute atomic E-state index is 12.7. The molecule has 9 heteroatoms. The van der Waals surface area contributed by atoms with Crippen molar-refractivity contribution in [2.24, 2.45) is 0 Å². The van der Waals surface area contributed by atoms with E-state index in [1.54, 1.807) is 39.3 Å². The number of fused-ring (bicyclic) bond motifs is 2. The van der Waals surface area contributed by atoms with Gasteiger partial charge in [0, 0.05) is 5.39 Å². The fraction of sp³-hybridized carbons (Fsp3) is 0.190. The second-order valence-corrected chi connectivity index (χ2v) is 7.64. The number of rotatable bonds is 6. The van der Waals surface area contributed by atoms with Crippen LogP contribution in [-0.2, 0) is 4.79 Å². The number of H-pyrrole nitrogens is 1. The highest BCUT2D eigenvalue weighted by Gasteiger charge is 2.21. The van der Waals surface area contributed by atoms with Gasteiger partial charge in [-0.25, -0.2) is 4.98 Å². The van der Waals surface area contributed by atoms with E-state index in [-0.39, 0.29) is 5.91 Å². The van der Waals surface area contributed by atoms with E-state index in [1.165, 1.54) is 11.3 Å². The number of benzene rings is 2. The monoisotopic (exact) mass is 424 g/mol. The Morgan fingerprint density at radius 1 is 1.10 bits per heavy atom. The van der Waals surface area contributed by atoms with Crippen LogP contribution in [0.1, 0.15) is 17.4 Å². The van der Waals surface area contributed by atoms with Crippen LogP contribution in [-0.4, -0.2) is 42.0 Å². The number of aromatic nitrogens is 2. The first kappa shape index (κ1) is 19.7. The first-order valence-corrected chi connectivity index (χ1v) is 10.0. The topological polar surface area (TPSA) is 105 Å². The van der Waals surface area contributed by atoms with Crippen LogP contribution in [0.2, 0.25) is 0 Å². The van der Waals surface area contributed by atoms with E-state index in [2.05, 4.69) is 20.6 Å². The number of amides is 2. The molecule has 0 saturated heterocycles. The summed E-state index contributed by atoms with van der Waals surface area (Å²) in [6.45, 7) is 1.62. The molecule has 30 heavy (non-hydrogen) atoms. The number of hydrogen-bond acceptors (Lipinski definition) is 6. The first-order chi connectivity index (χ1) is 14.5. The lowest BCUT2D eigenvalue weighted by molar-refractivity contribution is -0.117. The molecular formula is C21H20N4O4S. The highest BCUT2D eigenvalue weighted by Crippen LogP contribution is 2.33. The molecule has 0 aliphatic rings. The predicted molar refractivity (Wildman–Crippen MR) is 117 cm³/mol. The van der Waals surface area contributed by atoms with Crippen molar-refractivity contribution in [1.82, 2.24) is 15.3 Å². The maximum Gasteiger partial charge on any atom is 0.268 e. The Hall–Kier alpha value is -3.59. The number of aromatic amines is 1. The Bertz CT molecular complexity index is 1170. The molecule has 4 aromatic rings. The van der Waals surface area contributed by atoms with Crippen molar-refractivity contribution in [3.8, 4) is 11.5 Å². The molecule has 0 aliphatic heterocycles. The summed E-state index contributed by atoms with van der Waals surface area (Å²) < 4.78 is 11.7. The second-order valence-electron chi connectivity index (χ2n) is 6.61. The van der Waals surface area contributed by atoms with E-state index >= 15 is 0 Å². The van der Waals surface area contributed by atoms with Gasteiger partial charge in [-0.2, -0.15) is 0 Å². The fourth-order valence-electron chi connectivity index (χ4n) is 3.12. The number of carbonyl (C=O) groups excluding carboxylic acids is 2. The average molecular weight is 424 g/mol. The van der Waals surface area contributed by atoms with E-state index in [4.69, 9.17) is 9.47 Å². The minimum atomic E-state index is -0.764. The van der Waals surface area contributed by atoms with Crippen LogP contribution >= 0.6 is 11.3 Å². The molecule has 2 aromatic heterocycles. The highest BCUT2D eigenvalue weighted by atomic mass is 32.1. The Kier molecular flexibility index (Phi) is 5.28. The molecule has 3 N–H and O–H groups in total. The van der Waals surface area contributed by atoms with E-state index in [1.807, 2.05) is 24.3 Å². The minimum absolute atomic E-state index is 0.299. The first-order valence-electron chi connectivity index (χ1n) is 9.21. The average Bonchev–Trinajstić information content (AvgIpc) is 3.36. The van der Waals surface area contributed by atoms with Crippen molar-refractivity contribution >= 4 is 49.4 Å². The van der Waals surface area contributed by atoms with E-state index in [9.17, 15) is 9.59 Å². The van der Waals surface area contributed by atoms with Crippen molar-refractivity contribution in [3.63, 3.8) is 0 Å². The number of anilines is 1. The number of carbonyl (C=O) groups is 2. The van der Waals surface area contributed by atoms with E-state index < -0.39 is 11.9 Å². The number of ether oxygens (including phenoxy) is 2. The quantitative estimate of drug-likeness (QED) is 0.439. The minimum Gasteiger partial charge on any atom is -0.496 e. The zero-order valence-electron chi connectivity index (χ0n) is 16.6. The Morgan fingerprint density at radius 3 is 2.57 bits per heavy atom. The zero-order chi connectivity index (χ0) is 21.3. The molecule has 0 spiro atoms. The van der Waals surface area contributed by atoms with Crippen LogP contribution in [0.5, 0.6) is 11.5 Å². The van der Waals surface area contributed by atoms with Crippen LogP contribution in [0.3, 0.4) is 0 Å². The number of thiazole rings is 1. The third-order valence-electron chi connectivity index (χ3n) is 4.66. The molecule has 2 amide bonds. The molecule has 154 valence electrons. The lowest BCUT2D eigenvalue weighted by Crippen LogP contribution is -2.41. The Labute approximate surface area is 176 Å². The molecule has 8 nitrogen and oxygen atoms in total. The summed E-state index contributed by atoms with van der Waals surface area (Å²) >= 11 is 1.38. The number of para-hydroxylation sites is 1. The largest absolute Gasteiger partial charge is 0.496 e. The van der Waals surface area contributed by atoms with Gasteiger partial charge in [0.25, 0.3) is 5.91 Å². The highest BCUT2D eigenvalue weighted by molar-refractivity contribution is 7.22. The van der Waals surface area contributed by atoms with Gasteiger partial charge in [0.1, 0.15) is 23.2 Å². The molecule has 0 unspecified atom stereocenters. The van der Waals surface area contributed by atoms with Crippen molar-refractivity contribution < 1.29 is 19.1 Å². The summed E-state index contributed by atoms with van der Waals surface area (Å²) in [6.07, 6.45) is 0. The lowest BCUT2D eigenvalue weighted by atomic mass is 10.2. The van der Waals surface area contributed by atoms with Gasteiger partial charge in [-0.05, 0) is 37.3 Å². The van der Waals surface area contributed by atoms with Crippen molar-refractivity contribution in [2.45, 2.75) is 13.0 Å². The number of nitrogens with one attached hydrogen (secondary N) is 3. The van der Waals surface area contributed by atoms with Gasteiger partial charge in [-0.3, -0.25) is 9.59 Å². The summed E-state index contributed by atoms with van der Waals surface area (Å²) in [7, 11) is 3.11. The second kappa shape index (κ2) is 8.03. The molecule has 2 heterocycles. The van der Waals surface area contributed by atoms with Crippen molar-refractivity contribution in [3.05, 3.63) is 48.2 Å². The van der Waals surface area contributed by atoms with Gasteiger partial charge < -0.3 is 25.1 Å². The van der Waals surface area contributed by atoms with Crippen LogP contribution in [0, 0.1) is 0 Å². The lowest BCUT2D eigenvalue weighted by Gasteiger charge is -2.12. The molecule has 1 atom stereocenters. The molecule has 4 rings (SSSR count). The Balaban J connectivity index is 1.49. The molecule has 2 aromatic carbocycles. The van der Waals surface area contributed by atoms with E-state index in [0.29, 0.717) is 33.2 Å². The summed E-state index contributed by atoms with van der Waals surface area (Å²) in [6, 6.07) is 12.1. The molecule has 0 fully saturated rings. The molecule has 0 radical (unpaired) electrons. The normalized spacial score (nSPS) is 12.0. The summed E-state index contributed by atoms with van der Waals surface area (Å²) in [5.41, 5.74) is 1.76. The number of hydrogen-bond donors (Lipinski definition) is 3. The number of nitrogens with zero attached hydrogens (tertiary/aromatic N) is 1. The zero-order valence-corrected chi connectivity index (χ0v) is 17.4. The van der Waals surface area contributed by atoms with Gasteiger partial charge in [-0.1, -0.05) is 23.5 Å². The van der Waals surface area contributed by atoms with Crippen LogP contribution in [0.25, 0.3) is 21.1 Å². The fourth-order valence-corrected chi connectivity index (χ4v) is 3.99. The van der Waals surface area contributed by atoms with Gasteiger partial charge in [-0.15, -0.1) is 0 Å². The molecule has 0 bridgehead atoms. The summed E-state index contributed by atoms with van der Waals surface area (Å²) in [4.78, 5) is 32.6. The standard InChI is InChI=1S/C21H20N4O4S/c1-11(19(26)25-21-24-13-6-4-5-7-17(13)30-21)22-20(27)14-10-12-15(28-2)8-9-16(29-3)18(12)23-14/h4-11,23H,1-3H3,(H,22,27)(H,24,25,26)/t11-/m0/s1. The summed E-state index contributed by atoms with van der Waals surface area (Å²) in [5.74, 6) is 0.435. The van der Waals surface area contributed by atoms with E-state index in [0.717, 1.165) is 10.2 Å².